The summed E-state index contributed by atoms with van der Waals surface area (Å²) in [6.07, 6.45) is 3.11. The van der Waals surface area contributed by atoms with Crippen LogP contribution in [0.3, 0.4) is 0 Å². The fraction of sp³-hybridized carbons (Fsp3) is 0.375. The quantitative estimate of drug-likeness (QED) is 0.886. The minimum Gasteiger partial charge on any atom is -0.496 e. The number of rotatable bonds is 5. The number of nitrogens with zero attached hydrogens (tertiary/aromatic N) is 1. The van der Waals surface area contributed by atoms with Gasteiger partial charge >= 0.3 is 0 Å². The minimum absolute atomic E-state index is 0.0370. The van der Waals surface area contributed by atoms with Gasteiger partial charge in [0.1, 0.15) is 5.75 Å². The SMILES string of the molecule is CCCC(=O)NCc1cc2c(N)c(C)cnc2cc1OC. The van der Waals surface area contributed by atoms with E-state index in [4.69, 9.17) is 10.5 Å². The van der Waals surface area contributed by atoms with Gasteiger partial charge < -0.3 is 15.8 Å². The van der Waals surface area contributed by atoms with Crippen molar-refractivity contribution in [1.29, 1.82) is 0 Å². The van der Waals surface area contributed by atoms with Crippen LogP contribution in [0.15, 0.2) is 18.3 Å². The molecule has 0 aliphatic rings. The molecule has 0 unspecified atom stereocenters. The van der Waals surface area contributed by atoms with Crippen molar-refractivity contribution in [2.24, 2.45) is 0 Å². The number of nitrogen functional groups attached to an aromatic ring is 1. The Morgan fingerprint density at radius 2 is 2.19 bits per heavy atom. The Morgan fingerprint density at radius 1 is 1.43 bits per heavy atom. The molecule has 3 N–H and O–H groups in total. The van der Waals surface area contributed by atoms with Gasteiger partial charge in [-0.1, -0.05) is 6.92 Å². The Hall–Kier alpha value is -2.30. The summed E-state index contributed by atoms with van der Waals surface area (Å²) >= 11 is 0. The second kappa shape index (κ2) is 6.43. The Balaban J connectivity index is 2.37. The zero-order valence-electron chi connectivity index (χ0n) is 12.7. The van der Waals surface area contributed by atoms with Gasteiger partial charge in [0.05, 0.1) is 12.6 Å². The van der Waals surface area contributed by atoms with Crippen LogP contribution < -0.4 is 15.8 Å². The first-order valence-corrected chi connectivity index (χ1v) is 7.05. The predicted molar refractivity (Wildman–Crippen MR) is 84.2 cm³/mol. The van der Waals surface area contributed by atoms with E-state index in [0.717, 1.165) is 28.5 Å². The van der Waals surface area contributed by atoms with Gasteiger partial charge in [-0.05, 0) is 25.0 Å². The lowest BCUT2D eigenvalue weighted by Gasteiger charge is -2.13. The van der Waals surface area contributed by atoms with Crippen LogP contribution in [0.4, 0.5) is 5.69 Å². The number of pyridine rings is 1. The highest BCUT2D eigenvalue weighted by Crippen LogP contribution is 2.29. The molecule has 1 aromatic carbocycles. The summed E-state index contributed by atoms with van der Waals surface area (Å²) in [6.45, 7) is 4.32. The highest BCUT2D eigenvalue weighted by molar-refractivity contribution is 5.93. The first-order chi connectivity index (χ1) is 10.1. The van der Waals surface area contributed by atoms with E-state index in [0.29, 0.717) is 24.4 Å². The highest BCUT2D eigenvalue weighted by Gasteiger charge is 2.10. The maximum absolute atomic E-state index is 11.6. The van der Waals surface area contributed by atoms with Crippen LogP contribution in [0.2, 0.25) is 0 Å². The van der Waals surface area contributed by atoms with Gasteiger partial charge in [-0.25, -0.2) is 0 Å². The van der Waals surface area contributed by atoms with E-state index in [-0.39, 0.29) is 5.91 Å². The number of benzene rings is 1. The number of fused-ring (bicyclic) bond motifs is 1. The fourth-order valence-corrected chi connectivity index (χ4v) is 2.22. The van der Waals surface area contributed by atoms with Gasteiger partial charge in [0.15, 0.2) is 0 Å². The fourth-order valence-electron chi connectivity index (χ4n) is 2.22. The van der Waals surface area contributed by atoms with E-state index < -0.39 is 0 Å². The highest BCUT2D eigenvalue weighted by atomic mass is 16.5. The molecule has 0 bridgehead atoms. The molecular weight excluding hydrogens is 266 g/mol. The maximum Gasteiger partial charge on any atom is 0.220 e. The topological polar surface area (TPSA) is 77.2 Å². The van der Waals surface area contributed by atoms with Crippen LogP contribution in [0.1, 0.15) is 30.9 Å². The molecule has 0 aliphatic carbocycles. The summed E-state index contributed by atoms with van der Waals surface area (Å²) in [5, 5.41) is 3.78. The van der Waals surface area contributed by atoms with E-state index in [1.54, 1.807) is 13.3 Å². The van der Waals surface area contributed by atoms with Crippen molar-refractivity contribution in [2.45, 2.75) is 33.2 Å². The zero-order chi connectivity index (χ0) is 15.4. The van der Waals surface area contributed by atoms with Crippen LogP contribution in [0.25, 0.3) is 10.9 Å². The van der Waals surface area contributed by atoms with E-state index in [1.807, 2.05) is 26.0 Å². The summed E-state index contributed by atoms with van der Waals surface area (Å²) in [6, 6.07) is 3.79. The molecule has 1 aromatic heterocycles. The third kappa shape index (κ3) is 3.24. The van der Waals surface area contributed by atoms with Crippen molar-refractivity contribution in [3.8, 4) is 5.75 Å². The second-order valence-electron chi connectivity index (χ2n) is 5.06. The Bertz CT molecular complexity index is 668. The van der Waals surface area contributed by atoms with Gasteiger partial charge in [-0.2, -0.15) is 0 Å². The van der Waals surface area contributed by atoms with Crippen molar-refractivity contribution in [3.63, 3.8) is 0 Å². The van der Waals surface area contributed by atoms with Gasteiger partial charge in [0, 0.05) is 41.9 Å². The number of anilines is 1. The molecule has 112 valence electrons. The zero-order valence-corrected chi connectivity index (χ0v) is 12.7. The van der Waals surface area contributed by atoms with Gasteiger partial charge in [0.2, 0.25) is 5.91 Å². The smallest absolute Gasteiger partial charge is 0.220 e. The van der Waals surface area contributed by atoms with Crippen molar-refractivity contribution < 1.29 is 9.53 Å². The van der Waals surface area contributed by atoms with Crippen molar-refractivity contribution in [1.82, 2.24) is 10.3 Å². The summed E-state index contributed by atoms with van der Waals surface area (Å²) in [4.78, 5) is 16.0. The first-order valence-electron chi connectivity index (χ1n) is 7.05. The largest absolute Gasteiger partial charge is 0.496 e. The lowest BCUT2D eigenvalue weighted by atomic mass is 10.1. The van der Waals surface area contributed by atoms with Crippen molar-refractivity contribution >= 4 is 22.5 Å². The Morgan fingerprint density at radius 3 is 2.86 bits per heavy atom. The van der Waals surface area contributed by atoms with Crippen LogP contribution in [-0.2, 0) is 11.3 Å². The first kappa shape index (κ1) is 15.1. The number of ether oxygens (including phenoxy) is 1. The Kier molecular flexibility index (Phi) is 4.62. The molecule has 5 nitrogen and oxygen atoms in total. The molecule has 0 saturated heterocycles. The molecule has 1 heterocycles. The maximum atomic E-state index is 11.6. The number of aromatic nitrogens is 1. The van der Waals surface area contributed by atoms with Crippen LogP contribution in [0, 0.1) is 6.92 Å². The third-order valence-electron chi connectivity index (χ3n) is 3.46. The number of hydrogen-bond acceptors (Lipinski definition) is 4. The standard InChI is InChI=1S/C16H21N3O2/c1-4-5-15(20)19-9-11-6-12-13(7-14(11)21-3)18-8-10(2)16(12)17/h6-8H,4-5,9H2,1-3H3,(H2,17,18)(H,19,20). The van der Waals surface area contributed by atoms with Gasteiger partial charge in [0.25, 0.3) is 0 Å². The molecule has 5 heteroatoms. The number of methoxy groups -OCH3 is 1. The molecule has 0 fully saturated rings. The van der Waals surface area contributed by atoms with E-state index in [1.165, 1.54) is 0 Å². The van der Waals surface area contributed by atoms with Crippen molar-refractivity contribution in [3.05, 3.63) is 29.5 Å². The number of carbonyl (C=O) groups is 1. The molecule has 0 aliphatic heterocycles. The van der Waals surface area contributed by atoms with Gasteiger partial charge in [-0.3, -0.25) is 9.78 Å². The summed E-state index contributed by atoms with van der Waals surface area (Å²) in [7, 11) is 1.61. The summed E-state index contributed by atoms with van der Waals surface area (Å²) in [5.41, 5.74) is 9.45. The second-order valence-corrected chi connectivity index (χ2v) is 5.06. The van der Waals surface area contributed by atoms with Crippen LogP contribution >= 0.6 is 0 Å². The molecule has 0 radical (unpaired) electrons. The summed E-state index contributed by atoms with van der Waals surface area (Å²) in [5.74, 6) is 0.741. The lowest BCUT2D eigenvalue weighted by Crippen LogP contribution is -2.22. The van der Waals surface area contributed by atoms with Crippen molar-refractivity contribution in [2.75, 3.05) is 12.8 Å². The molecule has 0 atom stereocenters. The number of aryl methyl sites for hydroxylation is 1. The lowest BCUT2D eigenvalue weighted by molar-refractivity contribution is -0.121. The number of amides is 1. The molecular formula is C16H21N3O2. The molecule has 0 saturated carbocycles. The van der Waals surface area contributed by atoms with E-state index in [9.17, 15) is 4.79 Å². The Labute approximate surface area is 124 Å². The monoisotopic (exact) mass is 287 g/mol. The number of nitrogens with two attached hydrogens (primary N) is 1. The normalized spacial score (nSPS) is 10.6. The summed E-state index contributed by atoms with van der Waals surface area (Å²) < 4.78 is 5.38. The number of nitrogens with one attached hydrogen (secondary N) is 1. The molecule has 2 aromatic rings. The van der Waals surface area contributed by atoms with Gasteiger partial charge in [-0.15, -0.1) is 0 Å². The third-order valence-corrected chi connectivity index (χ3v) is 3.46. The predicted octanol–water partition coefficient (Wildman–Crippen LogP) is 2.55. The molecule has 21 heavy (non-hydrogen) atoms. The number of carbonyl (C=O) groups excluding carboxylic acids is 1. The molecule has 1 amide bonds. The van der Waals surface area contributed by atoms with E-state index >= 15 is 0 Å². The molecule has 2 rings (SSSR count). The van der Waals surface area contributed by atoms with Crippen LogP contribution in [0.5, 0.6) is 5.75 Å². The van der Waals surface area contributed by atoms with Crippen LogP contribution in [-0.4, -0.2) is 18.0 Å². The average molecular weight is 287 g/mol. The minimum atomic E-state index is 0.0370. The average Bonchev–Trinajstić information content (AvgIpc) is 2.48. The molecule has 0 spiro atoms. The van der Waals surface area contributed by atoms with E-state index in [2.05, 4.69) is 10.3 Å². The number of hydrogen-bond donors (Lipinski definition) is 2.